The van der Waals surface area contributed by atoms with E-state index in [4.69, 9.17) is 9.47 Å². The number of benzene rings is 2. The van der Waals surface area contributed by atoms with Crippen LogP contribution in [0.5, 0.6) is 11.5 Å². The summed E-state index contributed by atoms with van der Waals surface area (Å²) < 4.78 is 11.0. The average Bonchev–Trinajstić information content (AvgIpc) is 3.03. The number of nitro groups is 1. The van der Waals surface area contributed by atoms with Crippen molar-refractivity contribution in [2.45, 2.75) is 12.5 Å². The number of carbonyl (C=O) groups excluding carboxylic acids is 1. The summed E-state index contributed by atoms with van der Waals surface area (Å²) >= 11 is 0. The number of nitrogens with one attached hydrogen (secondary N) is 1. The highest BCUT2D eigenvalue weighted by Gasteiger charge is 2.28. The van der Waals surface area contributed by atoms with Crippen molar-refractivity contribution in [2.75, 3.05) is 13.2 Å². The first kappa shape index (κ1) is 15.8. The van der Waals surface area contributed by atoms with Crippen LogP contribution in [0.3, 0.4) is 0 Å². The zero-order chi connectivity index (χ0) is 16.9. The van der Waals surface area contributed by atoms with Crippen molar-refractivity contribution in [2.24, 2.45) is 0 Å². The van der Waals surface area contributed by atoms with Crippen molar-refractivity contribution in [3.05, 3.63) is 64.2 Å². The fourth-order valence-electron chi connectivity index (χ4n) is 2.45. The second kappa shape index (κ2) is 6.99. The fourth-order valence-corrected chi connectivity index (χ4v) is 2.45. The van der Waals surface area contributed by atoms with E-state index in [0.717, 1.165) is 11.3 Å². The third-order valence-electron chi connectivity index (χ3n) is 3.66. The number of hydrogen-bond acceptors (Lipinski definition) is 5. The van der Waals surface area contributed by atoms with Crippen LogP contribution in [0.25, 0.3) is 0 Å². The van der Waals surface area contributed by atoms with Crippen LogP contribution in [0.4, 0.5) is 5.69 Å². The van der Waals surface area contributed by atoms with E-state index in [1.807, 2.05) is 24.3 Å². The Morgan fingerprint density at radius 1 is 1.25 bits per heavy atom. The highest BCUT2D eigenvalue weighted by Crippen LogP contribution is 2.28. The molecule has 1 N–H and O–H groups in total. The zero-order valence-corrected chi connectivity index (χ0v) is 12.8. The molecule has 7 heteroatoms. The molecule has 1 aliphatic rings. The van der Waals surface area contributed by atoms with Gasteiger partial charge in [-0.25, -0.2) is 0 Å². The molecule has 1 heterocycles. The van der Waals surface area contributed by atoms with E-state index in [9.17, 15) is 14.9 Å². The Morgan fingerprint density at radius 2 is 2.00 bits per heavy atom. The van der Waals surface area contributed by atoms with E-state index in [1.54, 1.807) is 0 Å². The molecule has 0 bridgehead atoms. The molecule has 0 aromatic heterocycles. The van der Waals surface area contributed by atoms with E-state index in [-0.39, 0.29) is 18.2 Å². The Hall–Kier alpha value is -3.09. The van der Waals surface area contributed by atoms with Gasteiger partial charge in [0.2, 0.25) is 0 Å². The second-order valence-electron chi connectivity index (χ2n) is 5.31. The van der Waals surface area contributed by atoms with Gasteiger partial charge in [-0.3, -0.25) is 14.9 Å². The Balaban J connectivity index is 1.41. The Kier molecular flexibility index (Phi) is 4.60. The first-order chi connectivity index (χ1) is 11.6. The van der Waals surface area contributed by atoms with Gasteiger partial charge in [0.15, 0.2) is 6.10 Å². The quantitative estimate of drug-likeness (QED) is 0.498. The molecule has 0 radical (unpaired) electrons. The number of nitro benzene ring substituents is 1. The lowest BCUT2D eigenvalue weighted by Gasteiger charge is -2.12. The van der Waals surface area contributed by atoms with Gasteiger partial charge in [-0.05, 0) is 23.8 Å². The number of amides is 1. The highest BCUT2D eigenvalue weighted by atomic mass is 16.6. The highest BCUT2D eigenvalue weighted by molar-refractivity contribution is 5.82. The molecule has 0 spiro atoms. The van der Waals surface area contributed by atoms with Crippen molar-refractivity contribution in [1.29, 1.82) is 0 Å². The van der Waals surface area contributed by atoms with Gasteiger partial charge in [0.1, 0.15) is 18.1 Å². The van der Waals surface area contributed by atoms with Gasteiger partial charge in [-0.15, -0.1) is 0 Å². The largest absolute Gasteiger partial charge is 0.492 e. The summed E-state index contributed by atoms with van der Waals surface area (Å²) in [4.78, 5) is 22.2. The van der Waals surface area contributed by atoms with Gasteiger partial charge < -0.3 is 14.8 Å². The van der Waals surface area contributed by atoms with Crippen LogP contribution in [0.2, 0.25) is 0 Å². The lowest BCUT2D eigenvalue weighted by atomic mass is 10.1. The molecule has 124 valence electrons. The molecule has 2 aromatic carbocycles. The fraction of sp³-hybridized carbons (Fsp3) is 0.235. The van der Waals surface area contributed by atoms with Crippen LogP contribution in [0.15, 0.2) is 48.5 Å². The van der Waals surface area contributed by atoms with E-state index >= 15 is 0 Å². The van der Waals surface area contributed by atoms with E-state index in [2.05, 4.69) is 5.32 Å². The lowest BCUT2D eigenvalue weighted by molar-refractivity contribution is -0.384. The van der Waals surface area contributed by atoms with Crippen molar-refractivity contribution in [3.63, 3.8) is 0 Å². The summed E-state index contributed by atoms with van der Waals surface area (Å²) in [6.07, 6.45) is 0.0485. The number of fused-ring (bicyclic) bond motifs is 1. The van der Waals surface area contributed by atoms with Crippen molar-refractivity contribution < 1.29 is 19.2 Å². The Labute approximate surface area is 138 Å². The minimum absolute atomic E-state index is 0.00796. The minimum Gasteiger partial charge on any atom is -0.492 e. The van der Waals surface area contributed by atoms with E-state index in [1.165, 1.54) is 24.3 Å². The molecule has 7 nitrogen and oxygen atoms in total. The summed E-state index contributed by atoms with van der Waals surface area (Å²) in [5.74, 6) is 1.08. The lowest BCUT2D eigenvalue weighted by Crippen LogP contribution is -2.39. The maximum atomic E-state index is 12.1. The number of non-ortho nitro benzene ring substituents is 1. The van der Waals surface area contributed by atoms with Crippen molar-refractivity contribution in [1.82, 2.24) is 5.32 Å². The first-order valence-electron chi connectivity index (χ1n) is 7.53. The molecule has 0 aliphatic carbocycles. The number of nitrogens with zero attached hydrogens (tertiary/aromatic N) is 1. The van der Waals surface area contributed by atoms with Gasteiger partial charge in [-0.1, -0.05) is 18.2 Å². The molecule has 1 amide bonds. The van der Waals surface area contributed by atoms with Crippen LogP contribution < -0.4 is 14.8 Å². The molecule has 3 rings (SSSR count). The molecule has 24 heavy (non-hydrogen) atoms. The molecular formula is C17H16N2O5. The van der Waals surface area contributed by atoms with Gasteiger partial charge in [0.05, 0.1) is 11.5 Å². The summed E-state index contributed by atoms with van der Waals surface area (Å²) in [6.45, 7) is 0.593. The summed E-state index contributed by atoms with van der Waals surface area (Å²) in [7, 11) is 0. The minimum atomic E-state index is -0.512. The van der Waals surface area contributed by atoms with Gasteiger partial charge in [0, 0.05) is 18.6 Å². The Bertz CT molecular complexity index is 720. The molecule has 0 saturated heterocycles. The smallest absolute Gasteiger partial charge is 0.269 e. The molecule has 1 unspecified atom stereocenters. The van der Waals surface area contributed by atoms with Crippen LogP contribution in [-0.4, -0.2) is 30.1 Å². The van der Waals surface area contributed by atoms with E-state index in [0.29, 0.717) is 18.7 Å². The molecular weight excluding hydrogens is 312 g/mol. The van der Waals surface area contributed by atoms with Crippen LogP contribution in [-0.2, 0) is 11.2 Å². The standard InChI is InChI=1S/C17H16N2O5/c20-17(16-11-12-3-1-2-4-15(12)24-16)18-9-10-23-14-7-5-13(6-8-14)19(21)22/h1-8,16H,9-11H2,(H,18,20). The maximum Gasteiger partial charge on any atom is 0.269 e. The number of carbonyl (C=O) groups is 1. The van der Waals surface area contributed by atoms with Gasteiger partial charge in [0.25, 0.3) is 11.6 Å². The van der Waals surface area contributed by atoms with Crippen LogP contribution in [0, 0.1) is 10.1 Å². The monoisotopic (exact) mass is 328 g/mol. The van der Waals surface area contributed by atoms with Crippen molar-refractivity contribution in [3.8, 4) is 11.5 Å². The number of para-hydroxylation sites is 1. The number of ether oxygens (including phenoxy) is 2. The summed E-state index contributed by atoms with van der Waals surface area (Å²) in [6, 6.07) is 13.4. The predicted molar refractivity (Wildman–Crippen MR) is 86.2 cm³/mol. The first-order valence-corrected chi connectivity index (χ1v) is 7.53. The van der Waals surface area contributed by atoms with Crippen LogP contribution >= 0.6 is 0 Å². The zero-order valence-electron chi connectivity index (χ0n) is 12.8. The van der Waals surface area contributed by atoms with Gasteiger partial charge in [-0.2, -0.15) is 0 Å². The van der Waals surface area contributed by atoms with Crippen LogP contribution in [0.1, 0.15) is 5.56 Å². The molecule has 0 saturated carbocycles. The average molecular weight is 328 g/mol. The third-order valence-corrected chi connectivity index (χ3v) is 3.66. The Morgan fingerprint density at radius 3 is 2.71 bits per heavy atom. The van der Waals surface area contributed by atoms with E-state index < -0.39 is 11.0 Å². The summed E-state index contributed by atoms with van der Waals surface area (Å²) in [5, 5.41) is 13.3. The molecule has 1 atom stereocenters. The summed E-state index contributed by atoms with van der Waals surface area (Å²) in [5.41, 5.74) is 1.04. The predicted octanol–water partition coefficient (Wildman–Crippen LogP) is 2.09. The topological polar surface area (TPSA) is 90.7 Å². The number of rotatable bonds is 6. The molecule has 2 aromatic rings. The SMILES string of the molecule is O=C(NCCOc1ccc([N+](=O)[O-])cc1)C1Cc2ccccc2O1. The third kappa shape index (κ3) is 3.62. The molecule has 0 fully saturated rings. The molecule has 1 aliphatic heterocycles. The second-order valence-corrected chi connectivity index (χ2v) is 5.31. The van der Waals surface area contributed by atoms with Crippen molar-refractivity contribution >= 4 is 11.6 Å². The normalized spacial score (nSPS) is 15.2. The van der Waals surface area contributed by atoms with Gasteiger partial charge >= 0.3 is 0 Å². The number of hydrogen-bond donors (Lipinski definition) is 1. The maximum absolute atomic E-state index is 12.1.